The molecule has 1 heterocycles. The average Bonchev–Trinajstić information content (AvgIpc) is 2.82. The third-order valence-corrected chi connectivity index (χ3v) is 4.07. The van der Waals surface area contributed by atoms with Gasteiger partial charge in [0.15, 0.2) is 6.61 Å². The maximum absolute atomic E-state index is 12.6. The van der Waals surface area contributed by atoms with Crippen LogP contribution in [0.1, 0.15) is 32.8 Å². The molecule has 4 amide bonds. The first-order valence-electron chi connectivity index (χ1n) is 8.39. The van der Waals surface area contributed by atoms with E-state index >= 15 is 0 Å². The first-order chi connectivity index (χ1) is 12.2. The van der Waals surface area contributed by atoms with Crippen LogP contribution in [0.3, 0.4) is 0 Å². The number of urea groups is 1. The highest BCUT2D eigenvalue weighted by Crippen LogP contribution is 2.22. The number of hydrogen-bond acceptors (Lipinski definition) is 5. The Labute approximate surface area is 151 Å². The second-order valence-electron chi connectivity index (χ2n) is 6.69. The van der Waals surface area contributed by atoms with E-state index in [1.807, 2.05) is 30.3 Å². The molecule has 0 saturated carbocycles. The molecule has 0 bridgehead atoms. The van der Waals surface area contributed by atoms with Gasteiger partial charge < -0.3 is 10.1 Å². The van der Waals surface area contributed by atoms with E-state index in [4.69, 9.17) is 4.74 Å². The zero-order chi connectivity index (χ0) is 19.3. The van der Waals surface area contributed by atoms with Crippen molar-refractivity contribution in [3.8, 4) is 0 Å². The van der Waals surface area contributed by atoms with Gasteiger partial charge in [0.05, 0.1) is 5.92 Å². The molecular formula is C18H23N3O5. The standard InChI is InChI=1S/C18H23N3O5/c1-12(2)15(23)26-11-14(22)20-21-16(24)18(3,19-17(21)25)10-9-13-7-5-4-6-8-13/h4-8,12H,9-11H2,1-3H3,(H,19,25)(H,20,22)/t18-/m0/s1. The summed E-state index contributed by atoms with van der Waals surface area (Å²) in [5.41, 5.74) is 2.11. The fraction of sp³-hybridized carbons (Fsp3) is 0.444. The Kier molecular flexibility index (Phi) is 5.97. The summed E-state index contributed by atoms with van der Waals surface area (Å²) in [6.07, 6.45) is 0.980. The molecule has 1 aliphatic heterocycles. The molecule has 0 spiro atoms. The van der Waals surface area contributed by atoms with Gasteiger partial charge in [0.2, 0.25) is 0 Å². The molecule has 1 fully saturated rings. The number of benzene rings is 1. The van der Waals surface area contributed by atoms with Gasteiger partial charge >= 0.3 is 12.0 Å². The summed E-state index contributed by atoms with van der Waals surface area (Å²) in [6.45, 7) is 4.32. The van der Waals surface area contributed by atoms with E-state index in [1.165, 1.54) is 0 Å². The van der Waals surface area contributed by atoms with Crippen molar-refractivity contribution in [2.75, 3.05) is 6.61 Å². The summed E-state index contributed by atoms with van der Waals surface area (Å²) >= 11 is 0. The molecule has 0 aliphatic carbocycles. The van der Waals surface area contributed by atoms with E-state index in [1.54, 1.807) is 20.8 Å². The number of carbonyl (C=O) groups excluding carboxylic acids is 4. The molecule has 1 atom stereocenters. The van der Waals surface area contributed by atoms with Crippen LogP contribution in [0.5, 0.6) is 0 Å². The van der Waals surface area contributed by atoms with Crippen LogP contribution in [0, 0.1) is 5.92 Å². The lowest BCUT2D eigenvalue weighted by Gasteiger charge is -2.21. The normalized spacial score (nSPS) is 19.5. The third-order valence-electron chi connectivity index (χ3n) is 4.07. The summed E-state index contributed by atoms with van der Waals surface area (Å²) in [5, 5.41) is 3.24. The van der Waals surface area contributed by atoms with E-state index in [9.17, 15) is 19.2 Å². The van der Waals surface area contributed by atoms with Crippen molar-refractivity contribution in [3.63, 3.8) is 0 Å². The topological polar surface area (TPSA) is 105 Å². The van der Waals surface area contributed by atoms with Gasteiger partial charge in [-0.3, -0.25) is 19.8 Å². The Morgan fingerprint density at radius 2 is 1.88 bits per heavy atom. The number of ether oxygens (including phenoxy) is 1. The van der Waals surface area contributed by atoms with Gasteiger partial charge in [0, 0.05) is 0 Å². The number of nitrogens with one attached hydrogen (secondary N) is 2. The Morgan fingerprint density at radius 1 is 1.23 bits per heavy atom. The molecule has 140 valence electrons. The highest BCUT2D eigenvalue weighted by molar-refractivity contribution is 6.07. The molecule has 0 unspecified atom stereocenters. The third kappa shape index (κ3) is 4.59. The summed E-state index contributed by atoms with van der Waals surface area (Å²) in [5.74, 6) is -2.22. The summed E-state index contributed by atoms with van der Waals surface area (Å²) < 4.78 is 4.78. The van der Waals surface area contributed by atoms with Crippen LogP contribution < -0.4 is 10.7 Å². The number of imide groups is 1. The molecule has 1 aromatic rings. The largest absolute Gasteiger partial charge is 0.455 e. The summed E-state index contributed by atoms with van der Waals surface area (Å²) in [4.78, 5) is 47.8. The van der Waals surface area contributed by atoms with Gasteiger partial charge in [-0.15, -0.1) is 0 Å². The quantitative estimate of drug-likeness (QED) is 0.560. The molecule has 0 aromatic heterocycles. The van der Waals surface area contributed by atoms with Crippen molar-refractivity contribution in [2.24, 2.45) is 5.92 Å². The fourth-order valence-corrected chi connectivity index (χ4v) is 2.45. The molecule has 1 aliphatic rings. The Bertz CT molecular complexity index is 704. The van der Waals surface area contributed by atoms with Crippen LogP contribution >= 0.6 is 0 Å². The molecule has 2 N–H and O–H groups in total. The van der Waals surface area contributed by atoms with Crippen LogP contribution in [0.25, 0.3) is 0 Å². The van der Waals surface area contributed by atoms with Gasteiger partial charge in [-0.1, -0.05) is 44.2 Å². The minimum Gasteiger partial charge on any atom is -0.455 e. The van der Waals surface area contributed by atoms with Gasteiger partial charge in [0.1, 0.15) is 5.54 Å². The zero-order valence-electron chi connectivity index (χ0n) is 15.1. The smallest absolute Gasteiger partial charge is 0.344 e. The second-order valence-corrected chi connectivity index (χ2v) is 6.69. The van der Waals surface area contributed by atoms with Crippen molar-refractivity contribution in [3.05, 3.63) is 35.9 Å². The molecule has 8 heteroatoms. The predicted molar refractivity (Wildman–Crippen MR) is 92.5 cm³/mol. The SMILES string of the molecule is CC(C)C(=O)OCC(=O)NN1C(=O)N[C@@](C)(CCc2ccccc2)C1=O. The van der Waals surface area contributed by atoms with Crippen molar-refractivity contribution < 1.29 is 23.9 Å². The first-order valence-corrected chi connectivity index (χ1v) is 8.39. The van der Waals surface area contributed by atoms with Gasteiger partial charge in [0.25, 0.3) is 11.8 Å². The maximum atomic E-state index is 12.6. The maximum Gasteiger partial charge on any atom is 0.344 e. The number of nitrogens with zero attached hydrogens (tertiary/aromatic N) is 1. The lowest BCUT2D eigenvalue weighted by atomic mass is 9.93. The number of carbonyl (C=O) groups is 4. The highest BCUT2D eigenvalue weighted by Gasteiger charge is 2.48. The van der Waals surface area contributed by atoms with Crippen LogP contribution in [0.2, 0.25) is 0 Å². The first kappa shape index (κ1) is 19.4. The number of esters is 1. The molecule has 8 nitrogen and oxygen atoms in total. The van der Waals surface area contributed by atoms with Crippen LogP contribution in [-0.4, -0.2) is 41.0 Å². The van der Waals surface area contributed by atoms with E-state index < -0.39 is 36.0 Å². The Hall–Kier alpha value is -2.90. The lowest BCUT2D eigenvalue weighted by Crippen LogP contribution is -2.50. The zero-order valence-corrected chi connectivity index (χ0v) is 15.1. The highest BCUT2D eigenvalue weighted by atomic mass is 16.5. The molecule has 2 rings (SSSR count). The number of hydrazine groups is 1. The van der Waals surface area contributed by atoms with Crippen LogP contribution in [0.15, 0.2) is 30.3 Å². The predicted octanol–water partition coefficient (Wildman–Crippen LogP) is 1.16. The van der Waals surface area contributed by atoms with Crippen molar-refractivity contribution >= 4 is 23.8 Å². The van der Waals surface area contributed by atoms with E-state index in [2.05, 4.69) is 10.7 Å². The average molecular weight is 361 g/mol. The summed E-state index contributed by atoms with van der Waals surface area (Å²) in [7, 11) is 0. The van der Waals surface area contributed by atoms with Gasteiger partial charge in [-0.2, -0.15) is 5.01 Å². The van der Waals surface area contributed by atoms with Crippen LogP contribution in [-0.2, 0) is 25.5 Å². The fourth-order valence-electron chi connectivity index (χ4n) is 2.45. The van der Waals surface area contributed by atoms with Crippen molar-refractivity contribution in [1.29, 1.82) is 0 Å². The molecule has 1 saturated heterocycles. The second kappa shape index (κ2) is 7.99. The summed E-state index contributed by atoms with van der Waals surface area (Å²) in [6, 6.07) is 8.86. The molecular weight excluding hydrogens is 338 g/mol. The monoisotopic (exact) mass is 361 g/mol. The molecule has 26 heavy (non-hydrogen) atoms. The number of hydrogen-bond donors (Lipinski definition) is 2. The van der Waals surface area contributed by atoms with E-state index in [-0.39, 0.29) is 5.92 Å². The minimum atomic E-state index is -1.12. The Balaban J connectivity index is 1.92. The number of rotatable bonds is 7. The van der Waals surface area contributed by atoms with Crippen molar-refractivity contribution in [1.82, 2.24) is 15.8 Å². The molecule has 0 radical (unpaired) electrons. The van der Waals surface area contributed by atoms with Gasteiger partial charge in [-0.05, 0) is 25.3 Å². The van der Waals surface area contributed by atoms with E-state index in [0.29, 0.717) is 17.9 Å². The molecule has 1 aromatic carbocycles. The Morgan fingerprint density at radius 3 is 2.50 bits per heavy atom. The van der Waals surface area contributed by atoms with Crippen molar-refractivity contribution in [2.45, 2.75) is 39.2 Å². The lowest BCUT2D eigenvalue weighted by molar-refractivity contribution is -0.153. The number of aryl methyl sites for hydroxylation is 1. The minimum absolute atomic E-state index is 0.374. The van der Waals surface area contributed by atoms with Crippen LogP contribution in [0.4, 0.5) is 4.79 Å². The number of amides is 4. The van der Waals surface area contributed by atoms with Gasteiger partial charge in [-0.25, -0.2) is 4.79 Å². The van der Waals surface area contributed by atoms with E-state index in [0.717, 1.165) is 5.56 Å².